The van der Waals surface area contributed by atoms with E-state index in [1.54, 1.807) is 18.3 Å². The maximum absolute atomic E-state index is 13.0. The van der Waals surface area contributed by atoms with Crippen molar-refractivity contribution < 1.29 is 4.39 Å². The van der Waals surface area contributed by atoms with Gasteiger partial charge in [-0.25, -0.2) is 9.37 Å². The molecule has 1 aromatic heterocycles. The zero-order valence-corrected chi connectivity index (χ0v) is 9.92. The summed E-state index contributed by atoms with van der Waals surface area (Å²) in [4.78, 5) is 4.15. The van der Waals surface area contributed by atoms with E-state index >= 15 is 0 Å². The van der Waals surface area contributed by atoms with Crippen LogP contribution in [-0.2, 0) is 0 Å². The van der Waals surface area contributed by atoms with E-state index in [0.29, 0.717) is 17.2 Å². The molecule has 3 N–H and O–H groups in total. The van der Waals surface area contributed by atoms with Gasteiger partial charge in [0.15, 0.2) is 0 Å². The number of nitrogens with zero attached hydrogens (tertiary/aromatic N) is 1. The zero-order chi connectivity index (χ0) is 12.4. The highest BCUT2D eigenvalue weighted by Gasteiger charge is 2.04. The third-order valence-electron chi connectivity index (χ3n) is 2.28. The van der Waals surface area contributed by atoms with Crippen LogP contribution in [0.3, 0.4) is 0 Å². The molecule has 0 aliphatic heterocycles. The first-order valence-electron chi connectivity index (χ1n) is 5.00. The molecule has 1 heterocycles. The van der Waals surface area contributed by atoms with Gasteiger partial charge in [-0.05, 0) is 36.8 Å². The van der Waals surface area contributed by atoms with E-state index in [-0.39, 0.29) is 5.02 Å². The Hall–Kier alpha value is -1.81. The Bertz CT molecular complexity index is 557. The predicted octanol–water partition coefficient (Wildman–Crippen LogP) is 3.51. The molecule has 0 radical (unpaired) electrons. The number of aryl methyl sites for hydroxylation is 1. The molecule has 0 amide bonds. The molecule has 2 rings (SSSR count). The Balaban J connectivity index is 2.28. The van der Waals surface area contributed by atoms with E-state index in [2.05, 4.69) is 10.3 Å². The van der Waals surface area contributed by atoms with Gasteiger partial charge in [0.2, 0.25) is 0 Å². The highest BCUT2D eigenvalue weighted by Crippen LogP contribution is 2.23. The molecular weight excluding hydrogens is 241 g/mol. The number of nitrogens with two attached hydrogens (primary N) is 1. The molecule has 17 heavy (non-hydrogen) atoms. The van der Waals surface area contributed by atoms with Crippen molar-refractivity contribution in [1.82, 2.24) is 4.98 Å². The molecule has 0 fully saturated rings. The number of hydrogen-bond donors (Lipinski definition) is 2. The van der Waals surface area contributed by atoms with Crippen LogP contribution >= 0.6 is 11.6 Å². The lowest BCUT2D eigenvalue weighted by atomic mass is 10.2. The molecule has 88 valence electrons. The number of benzene rings is 1. The summed E-state index contributed by atoms with van der Waals surface area (Å²) in [6.07, 6.45) is 1.56. The summed E-state index contributed by atoms with van der Waals surface area (Å²) in [6, 6.07) is 6.21. The lowest BCUT2D eigenvalue weighted by molar-refractivity contribution is 0.628. The van der Waals surface area contributed by atoms with Crippen LogP contribution in [0.15, 0.2) is 30.5 Å². The fourth-order valence-electron chi connectivity index (χ4n) is 1.44. The summed E-state index contributed by atoms with van der Waals surface area (Å²) >= 11 is 5.69. The summed E-state index contributed by atoms with van der Waals surface area (Å²) < 4.78 is 13.0. The smallest absolute Gasteiger partial charge is 0.141 e. The van der Waals surface area contributed by atoms with Gasteiger partial charge in [-0.2, -0.15) is 0 Å². The van der Waals surface area contributed by atoms with Crippen molar-refractivity contribution in [3.8, 4) is 0 Å². The van der Waals surface area contributed by atoms with Crippen LogP contribution in [0.2, 0.25) is 5.02 Å². The van der Waals surface area contributed by atoms with Crippen LogP contribution in [0.1, 0.15) is 5.56 Å². The van der Waals surface area contributed by atoms with Gasteiger partial charge in [0.1, 0.15) is 11.6 Å². The van der Waals surface area contributed by atoms with E-state index < -0.39 is 5.82 Å². The molecule has 0 saturated heterocycles. The zero-order valence-electron chi connectivity index (χ0n) is 9.17. The Labute approximate surface area is 103 Å². The maximum Gasteiger partial charge on any atom is 0.141 e. The molecule has 0 aliphatic rings. The van der Waals surface area contributed by atoms with Crippen LogP contribution in [0, 0.1) is 12.7 Å². The van der Waals surface area contributed by atoms with Gasteiger partial charge in [-0.1, -0.05) is 11.6 Å². The molecule has 0 spiro atoms. The van der Waals surface area contributed by atoms with E-state index in [1.165, 1.54) is 12.1 Å². The minimum absolute atomic E-state index is 0.0723. The number of halogens is 2. The third-order valence-corrected chi connectivity index (χ3v) is 2.57. The first-order valence-corrected chi connectivity index (χ1v) is 5.38. The number of pyridine rings is 1. The van der Waals surface area contributed by atoms with Crippen molar-refractivity contribution >= 4 is 28.8 Å². The van der Waals surface area contributed by atoms with E-state index in [9.17, 15) is 4.39 Å². The molecule has 0 bridgehead atoms. The van der Waals surface area contributed by atoms with Crippen LogP contribution in [-0.4, -0.2) is 4.98 Å². The quantitative estimate of drug-likeness (QED) is 0.859. The number of nitrogen functional groups attached to an aromatic ring is 1. The van der Waals surface area contributed by atoms with Gasteiger partial charge >= 0.3 is 0 Å². The molecule has 0 unspecified atom stereocenters. The highest BCUT2D eigenvalue weighted by atomic mass is 35.5. The molecule has 0 aliphatic carbocycles. The number of rotatable bonds is 2. The van der Waals surface area contributed by atoms with Crippen molar-refractivity contribution in [1.29, 1.82) is 0 Å². The molecular formula is C12H11ClFN3. The van der Waals surface area contributed by atoms with Gasteiger partial charge in [0.25, 0.3) is 0 Å². The Morgan fingerprint density at radius 1 is 1.35 bits per heavy atom. The van der Waals surface area contributed by atoms with E-state index in [0.717, 1.165) is 5.56 Å². The summed E-state index contributed by atoms with van der Waals surface area (Å²) in [7, 11) is 0. The second-order valence-corrected chi connectivity index (χ2v) is 4.10. The normalized spacial score (nSPS) is 10.3. The second kappa shape index (κ2) is 4.59. The minimum Gasteiger partial charge on any atom is -0.397 e. The van der Waals surface area contributed by atoms with E-state index in [1.807, 2.05) is 6.92 Å². The number of hydrogen-bond acceptors (Lipinski definition) is 3. The van der Waals surface area contributed by atoms with Gasteiger partial charge in [-0.3, -0.25) is 0 Å². The van der Waals surface area contributed by atoms with Crippen LogP contribution < -0.4 is 11.1 Å². The topological polar surface area (TPSA) is 50.9 Å². The fourth-order valence-corrected chi connectivity index (χ4v) is 1.62. The van der Waals surface area contributed by atoms with Gasteiger partial charge in [-0.15, -0.1) is 0 Å². The van der Waals surface area contributed by atoms with E-state index in [4.69, 9.17) is 17.3 Å². The van der Waals surface area contributed by atoms with Crippen LogP contribution in [0.5, 0.6) is 0 Å². The van der Waals surface area contributed by atoms with Crippen LogP contribution in [0.4, 0.5) is 21.6 Å². The predicted molar refractivity (Wildman–Crippen MR) is 68.1 cm³/mol. The third kappa shape index (κ3) is 2.65. The second-order valence-electron chi connectivity index (χ2n) is 3.69. The fraction of sp³-hybridized carbons (Fsp3) is 0.0833. The Morgan fingerprint density at radius 3 is 2.76 bits per heavy atom. The van der Waals surface area contributed by atoms with Crippen molar-refractivity contribution in [2.75, 3.05) is 11.1 Å². The Kier molecular flexibility index (Phi) is 3.15. The van der Waals surface area contributed by atoms with Crippen molar-refractivity contribution in [2.45, 2.75) is 6.92 Å². The van der Waals surface area contributed by atoms with Crippen molar-refractivity contribution in [3.63, 3.8) is 0 Å². The summed E-state index contributed by atoms with van der Waals surface area (Å²) in [6.45, 7) is 1.89. The molecule has 0 saturated carbocycles. The largest absolute Gasteiger partial charge is 0.397 e. The molecule has 0 atom stereocenters. The Morgan fingerprint density at radius 2 is 2.12 bits per heavy atom. The monoisotopic (exact) mass is 251 g/mol. The minimum atomic E-state index is -0.445. The summed E-state index contributed by atoms with van der Waals surface area (Å²) in [5.41, 5.74) is 7.79. The van der Waals surface area contributed by atoms with Gasteiger partial charge in [0, 0.05) is 5.69 Å². The summed E-state index contributed by atoms with van der Waals surface area (Å²) in [5.74, 6) is 0.223. The van der Waals surface area contributed by atoms with Crippen molar-refractivity contribution in [2.24, 2.45) is 0 Å². The highest BCUT2D eigenvalue weighted by molar-refractivity contribution is 6.31. The molecule has 1 aromatic carbocycles. The number of aromatic nitrogens is 1. The first kappa shape index (κ1) is 11.7. The lowest BCUT2D eigenvalue weighted by Crippen LogP contribution is -1.98. The molecule has 5 heteroatoms. The number of nitrogens with one attached hydrogen (secondary N) is 1. The average molecular weight is 252 g/mol. The standard InChI is InChI=1S/C12H11ClFN3/c1-7-4-8(15)6-16-12(7)17-9-2-3-11(14)10(13)5-9/h2-6H,15H2,1H3,(H,16,17). The summed E-state index contributed by atoms with van der Waals surface area (Å²) in [5, 5.41) is 3.12. The lowest BCUT2D eigenvalue weighted by Gasteiger charge is -2.09. The maximum atomic E-state index is 13.0. The molecule has 3 nitrogen and oxygen atoms in total. The van der Waals surface area contributed by atoms with Crippen molar-refractivity contribution in [3.05, 3.63) is 46.9 Å². The SMILES string of the molecule is Cc1cc(N)cnc1Nc1ccc(F)c(Cl)c1. The first-order chi connectivity index (χ1) is 8.06. The molecule has 2 aromatic rings. The van der Waals surface area contributed by atoms with Gasteiger partial charge < -0.3 is 11.1 Å². The average Bonchev–Trinajstić information content (AvgIpc) is 2.27. The van der Waals surface area contributed by atoms with Gasteiger partial charge in [0.05, 0.1) is 16.9 Å². The number of anilines is 3. The van der Waals surface area contributed by atoms with Crippen LogP contribution in [0.25, 0.3) is 0 Å².